The predicted octanol–water partition coefficient (Wildman–Crippen LogP) is 2.54. The predicted molar refractivity (Wildman–Crippen MR) is 79.9 cm³/mol. The molecule has 0 radical (unpaired) electrons. The maximum absolute atomic E-state index is 12.0. The van der Waals surface area contributed by atoms with E-state index in [1.54, 1.807) is 37.7 Å². The molecule has 0 saturated carbocycles. The smallest absolute Gasteiger partial charge is 0.251 e. The van der Waals surface area contributed by atoms with Crippen LogP contribution in [0.5, 0.6) is 5.75 Å². The molecule has 0 saturated heterocycles. The Morgan fingerprint density at radius 3 is 3.00 bits per heavy atom. The lowest BCUT2D eigenvalue weighted by Crippen LogP contribution is -2.24. The van der Waals surface area contributed by atoms with Crippen molar-refractivity contribution in [2.24, 2.45) is 0 Å². The number of amides is 1. The summed E-state index contributed by atoms with van der Waals surface area (Å²) < 4.78 is 5.90. The number of H-pyrrole nitrogens is 1. The van der Waals surface area contributed by atoms with Gasteiger partial charge in [0, 0.05) is 30.9 Å². The molecule has 1 amide bonds. The first-order valence-electron chi connectivity index (χ1n) is 6.30. The number of carbonyl (C=O) groups is 1. The van der Waals surface area contributed by atoms with Gasteiger partial charge in [0.1, 0.15) is 11.6 Å². The second-order valence-electron chi connectivity index (χ2n) is 4.24. The van der Waals surface area contributed by atoms with E-state index in [-0.39, 0.29) is 5.91 Å². The first-order chi connectivity index (χ1) is 9.70. The van der Waals surface area contributed by atoms with Gasteiger partial charge in [-0.2, -0.15) is 0 Å². The molecule has 0 bridgehead atoms. The van der Waals surface area contributed by atoms with Gasteiger partial charge in [-0.15, -0.1) is 0 Å². The third-order valence-corrected chi connectivity index (χ3v) is 3.46. The number of methoxy groups -OCH3 is 1. The number of imidazole rings is 1. The van der Waals surface area contributed by atoms with E-state index in [0.29, 0.717) is 17.9 Å². The largest absolute Gasteiger partial charge is 0.496 e. The molecule has 1 aromatic carbocycles. The molecule has 6 heteroatoms. The number of aromatic nitrogens is 2. The number of ether oxygens (including phenoxy) is 1. The molecule has 0 aliphatic heterocycles. The van der Waals surface area contributed by atoms with Crippen molar-refractivity contribution >= 4 is 21.8 Å². The van der Waals surface area contributed by atoms with Crippen molar-refractivity contribution in [2.45, 2.75) is 12.8 Å². The van der Waals surface area contributed by atoms with Gasteiger partial charge < -0.3 is 15.0 Å². The van der Waals surface area contributed by atoms with Crippen LogP contribution in [0.25, 0.3) is 0 Å². The summed E-state index contributed by atoms with van der Waals surface area (Å²) in [7, 11) is 1.59. The van der Waals surface area contributed by atoms with Gasteiger partial charge in [-0.1, -0.05) is 0 Å². The van der Waals surface area contributed by atoms with Gasteiger partial charge in [0.05, 0.1) is 11.6 Å². The van der Waals surface area contributed by atoms with Gasteiger partial charge in [-0.05, 0) is 40.5 Å². The monoisotopic (exact) mass is 337 g/mol. The summed E-state index contributed by atoms with van der Waals surface area (Å²) in [6.45, 7) is 0.614. The van der Waals surface area contributed by atoms with Crippen LogP contribution < -0.4 is 10.1 Å². The summed E-state index contributed by atoms with van der Waals surface area (Å²) in [6.07, 6.45) is 5.18. The SMILES string of the molecule is COc1ccc(C(=O)NCCCc2ncc[nH]2)cc1Br. The Morgan fingerprint density at radius 2 is 2.35 bits per heavy atom. The van der Waals surface area contributed by atoms with Crippen LogP contribution in [0.2, 0.25) is 0 Å². The molecule has 0 aliphatic rings. The van der Waals surface area contributed by atoms with Gasteiger partial charge in [0.2, 0.25) is 0 Å². The lowest BCUT2D eigenvalue weighted by Gasteiger charge is -2.07. The molecule has 106 valence electrons. The lowest BCUT2D eigenvalue weighted by atomic mass is 10.2. The van der Waals surface area contributed by atoms with Crippen molar-refractivity contribution in [1.82, 2.24) is 15.3 Å². The standard InChI is InChI=1S/C14H16BrN3O2/c1-20-12-5-4-10(9-11(12)15)14(19)18-6-2-3-13-16-7-8-17-13/h4-5,7-9H,2-3,6H2,1H3,(H,16,17)(H,18,19). The lowest BCUT2D eigenvalue weighted by molar-refractivity contribution is 0.0953. The molecule has 5 nitrogen and oxygen atoms in total. The second kappa shape index (κ2) is 7.09. The molecule has 1 heterocycles. The molecule has 2 N–H and O–H groups in total. The van der Waals surface area contributed by atoms with Crippen LogP contribution in [0.1, 0.15) is 22.6 Å². The zero-order valence-electron chi connectivity index (χ0n) is 11.1. The Hall–Kier alpha value is -1.82. The molecule has 0 spiro atoms. The Labute approximate surface area is 125 Å². The number of rotatable bonds is 6. The van der Waals surface area contributed by atoms with Crippen molar-refractivity contribution in [3.8, 4) is 5.75 Å². The number of nitrogens with zero attached hydrogens (tertiary/aromatic N) is 1. The molecule has 0 fully saturated rings. The fraction of sp³-hybridized carbons (Fsp3) is 0.286. The molecular formula is C14H16BrN3O2. The number of aryl methyl sites for hydroxylation is 1. The Morgan fingerprint density at radius 1 is 1.50 bits per heavy atom. The van der Waals surface area contributed by atoms with E-state index >= 15 is 0 Å². The van der Waals surface area contributed by atoms with Crippen LogP contribution >= 0.6 is 15.9 Å². The minimum atomic E-state index is -0.0900. The zero-order chi connectivity index (χ0) is 14.4. The molecule has 20 heavy (non-hydrogen) atoms. The van der Waals surface area contributed by atoms with Gasteiger partial charge >= 0.3 is 0 Å². The molecule has 2 aromatic rings. The summed E-state index contributed by atoms with van der Waals surface area (Å²) in [4.78, 5) is 19.1. The fourth-order valence-corrected chi connectivity index (χ4v) is 2.34. The molecule has 1 aromatic heterocycles. The van der Waals surface area contributed by atoms with Gasteiger partial charge in [-0.25, -0.2) is 4.98 Å². The summed E-state index contributed by atoms with van der Waals surface area (Å²) in [5.74, 6) is 1.55. The van der Waals surface area contributed by atoms with Crippen LogP contribution in [0.3, 0.4) is 0 Å². The van der Waals surface area contributed by atoms with E-state index in [9.17, 15) is 4.79 Å². The van der Waals surface area contributed by atoms with Crippen LogP contribution in [0, 0.1) is 0 Å². The average Bonchev–Trinajstić information content (AvgIpc) is 2.96. The molecule has 2 rings (SSSR count). The highest BCUT2D eigenvalue weighted by Gasteiger charge is 2.08. The van der Waals surface area contributed by atoms with Crippen LogP contribution in [-0.4, -0.2) is 29.5 Å². The van der Waals surface area contributed by atoms with Crippen molar-refractivity contribution in [3.05, 3.63) is 46.5 Å². The Bertz CT molecular complexity index is 570. The van der Waals surface area contributed by atoms with Gasteiger partial charge in [-0.3, -0.25) is 4.79 Å². The number of nitrogens with one attached hydrogen (secondary N) is 2. The number of hydrogen-bond donors (Lipinski definition) is 2. The number of halogens is 1. The summed E-state index contributed by atoms with van der Waals surface area (Å²) >= 11 is 3.37. The van der Waals surface area contributed by atoms with E-state index < -0.39 is 0 Å². The minimum absolute atomic E-state index is 0.0900. The topological polar surface area (TPSA) is 67.0 Å². The Kier molecular flexibility index (Phi) is 5.17. The molecule has 0 aliphatic carbocycles. The van der Waals surface area contributed by atoms with E-state index in [1.807, 2.05) is 0 Å². The minimum Gasteiger partial charge on any atom is -0.496 e. The van der Waals surface area contributed by atoms with E-state index in [0.717, 1.165) is 23.1 Å². The quantitative estimate of drug-likeness (QED) is 0.796. The highest BCUT2D eigenvalue weighted by atomic mass is 79.9. The first kappa shape index (κ1) is 14.6. The molecule has 0 unspecified atom stereocenters. The summed E-state index contributed by atoms with van der Waals surface area (Å²) in [5, 5.41) is 2.88. The average molecular weight is 338 g/mol. The molecule has 0 atom stereocenters. The number of aromatic amines is 1. The Balaban J connectivity index is 1.81. The number of benzene rings is 1. The van der Waals surface area contributed by atoms with E-state index in [1.165, 1.54) is 0 Å². The van der Waals surface area contributed by atoms with Crippen LogP contribution in [0.4, 0.5) is 0 Å². The van der Waals surface area contributed by atoms with Gasteiger partial charge in [0.25, 0.3) is 5.91 Å². The normalized spacial score (nSPS) is 10.3. The maximum atomic E-state index is 12.0. The van der Waals surface area contributed by atoms with Crippen molar-refractivity contribution in [1.29, 1.82) is 0 Å². The van der Waals surface area contributed by atoms with Crippen molar-refractivity contribution in [3.63, 3.8) is 0 Å². The number of hydrogen-bond acceptors (Lipinski definition) is 3. The third-order valence-electron chi connectivity index (χ3n) is 2.84. The fourth-order valence-electron chi connectivity index (χ4n) is 1.80. The highest BCUT2D eigenvalue weighted by molar-refractivity contribution is 9.10. The van der Waals surface area contributed by atoms with E-state index in [4.69, 9.17) is 4.74 Å². The maximum Gasteiger partial charge on any atom is 0.251 e. The number of carbonyl (C=O) groups excluding carboxylic acids is 1. The highest BCUT2D eigenvalue weighted by Crippen LogP contribution is 2.25. The molecular weight excluding hydrogens is 322 g/mol. The van der Waals surface area contributed by atoms with Crippen molar-refractivity contribution < 1.29 is 9.53 Å². The van der Waals surface area contributed by atoms with E-state index in [2.05, 4.69) is 31.2 Å². The first-order valence-corrected chi connectivity index (χ1v) is 7.10. The van der Waals surface area contributed by atoms with Crippen LogP contribution in [-0.2, 0) is 6.42 Å². The van der Waals surface area contributed by atoms with Crippen molar-refractivity contribution in [2.75, 3.05) is 13.7 Å². The van der Waals surface area contributed by atoms with Crippen LogP contribution in [0.15, 0.2) is 35.1 Å². The zero-order valence-corrected chi connectivity index (χ0v) is 12.7. The second-order valence-corrected chi connectivity index (χ2v) is 5.10. The summed E-state index contributed by atoms with van der Waals surface area (Å²) in [6, 6.07) is 5.26. The van der Waals surface area contributed by atoms with Gasteiger partial charge in [0.15, 0.2) is 0 Å². The summed E-state index contributed by atoms with van der Waals surface area (Å²) in [5.41, 5.74) is 0.607. The third kappa shape index (κ3) is 3.84.